The van der Waals surface area contributed by atoms with Crippen LogP contribution in [0.25, 0.3) is 0 Å². The van der Waals surface area contributed by atoms with Crippen LogP contribution in [0.2, 0.25) is 0 Å². The molecule has 0 spiro atoms. The summed E-state index contributed by atoms with van der Waals surface area (Å²) >= 11 is 0. The number of halogens is 2. The van der Waals surface area contributed by atoms with Crippen LogP contribution in [0.4, 0.5) is 8.78 Å². The lowest BCUT2D eigenvalue weighted by atomic mass is 10.0. The van der Waals surface area contributed by atoms with Gasteiger partial charge in [-0.3, -0.25) is 0 Å². The van der Waals surface area contributed by atoms with Gasteiger partial charge in [-0.1, -0.05) is 13.8 Å². The van der Waals surface area contributed by atoms with E-state index in [0.717, 1.165) is 0 Å². The Bertz CT molecular complexity index is 403. The van der Waals surface area contributed by atoms with Gasteiger partial charge in [-0.05, 0) is 48.4 Å². The standard InChI is InChI=1S/C13H17F2N/c1-7-4-9(14)11(10(15)5-7)12-8(6-16)13(12,2)3/h4-5,8,12H,6,16H2,1-3H3. The Kier molecular flexibility index (Phi) is 2.54. The average Bonchev–Trinajstić information content (AvgIpc) is 2.66. The molecule has 2 rings (SSSR count). The fourth-order valence-electron chi connectivity index (χ4n) is 2.77. The van der Waals surface area contributed by atoms with E-state index in [1.165, 1.54) is 12.1 Å². The van der Waals surface area contributed by atoms with Gasteiger partial charge in [-0.25, -0.2) is 8.78 Å². The summed E-state index contributed by atoms with van der Waals surface area (Å²) in [6.07, 6.45) is 0. The summed E-state index contributed by atoms with van der Waals surface area (Å²) in [7, 11) is 0. The maximum Gasteiger partial charge on any atom is 0.129 e. The summed E-state index contributed by atoms with van der Waals surface area (Å²) < 4.78 is 27.5. The molecule has 0 aliphatic heterocycles. The highest BCUT2D eigenvalue weighted by molar-refractivity contribution is 5.36. The predicted octanol–water partition coefficient (Wildman–Crippen LogP) is 2.97. The zero-order valence-corrected chi connectivity index (χ0v) is 9.85. The third-order valence-corrected chi connectivity index (χ3v) is 3.84. The van der Waals surface area contributed by atoms with Crippen molar-refractivity contribution in [2.24, 2.45) is 17.1 Å². The molecule has 1 fully saturated rings. The maximum atomic E-state index is 13.8. The van der Waals surface area contributed by atoms with Crippen LogP contribution in [-0.4, -0.2) is 6.54 Å². The van der Waals surface area contributed by atoms with Gasteiger partial charge in [0.25, 0.3) is 0 Å². The molecule has 0 amide bonds. The van der Waals surface area contributed by atoms with Gasteiger partial charge < -0.3 is 5.73 Å². The second-order valence-corrected chi connectivity index (χ2v) is 5.28. The first kappa shape index (κ1) is 11.5. The van der Waals surface area contributed by atoms with Gasteiger partial charge in [0.15, 0.2) is 0 Å². The van der Waals surface area contributed by atoms with E-state index in [-0.39, 0.29) is 22.8 Å². The van der Waals surface area contributed by atoms with Crippen molar-refractivity contribution in [2.75, 3.05) is 6.54 Å². The monoisotopic (exact) mass is 225 g/mol. The molecular formula is C13H17F2N. The fourth-order valence-corrected chi connectivity index (χ4v) is 2.77. The van der Waals surface area contributed by atoms with Crippen LogP contribution in [-0.2, 0) is 0 Å². The Morgan fingerprint density at radius 1 is 1.25 bits per heavy atom. The number of hydrogen-bond donors (Lipinski definition) is 1. The summed E-state index contributed by atoms with van der Waals surface area (Å²) in [6.45, 7) is 6.18. The van der Waals surface area contributed by atoms with Gasteiger partial charge in [0.05, 0.1) is 0 Å². The van der Waals surface area contributed by atoms with Crippen LogP contribution < -0.4 is 5.73 Å². The molecule has 1 aromatic rings. The summed E-state index contributed by atoms with van der Waals surface area (Å²) in [4.78, 5) is 0. The summed E-state index contributed by atoms with van der Waals surface area (Å²) in [5, 5.41) is 0. The molecule has 16 heavy (non-hydrogen) atoms. The number of aryl methyl sites for hydroxylation is 1. The van der Waals surface area contributed by atoms with Gasteiger partial charge in [0.2, 0.25) is 0 Å². The van der Waals surface area contributed by atoms with Gasteiger partial charge in [0.1, 0.15) is 11.6 Å². The van der Waals surface area contributed by atoms with E-state index in [1.807, 2.05) is 13.8 Å². The van der Waals surface area contributed by atoms with Crippen molar-refractivity contribution in [3.05, 3.63) is 34.9 Å². The van der Waals surface area contributed by atoms with E-state index in [0.29, 0.717) is 12.1 Å². The smallest absolute Gasteiger partial charge is 0.129 e. The highest BCUT2D eigenvalue weighted by Crippen LogP contribution is 2.64. The first-order valence-corrected chi connectivity index (χ1v) is 5.55. The average molecular weight is 225 g/mol. The number of nitrogens with two attached hydrogens (primary N) is 1. The first-order chi connectivity index (χ1) is 7.39. The molecule has 0 radical (unpaired) electrons. The lowest BCUT2D eigenvalue weighted by Gasteiger charge is -2.07. The van der Waals surface area contributed by atoms with Crippen molar-refractivity contribution in [1.29, 1.82) is 0 Å². The predicted molar refractivity (Wildman–Crippen MR) is 60.2 cm³/mol. The number of benzene rings is 1. The lowest BCUT2D eigenvalue weighted by Crippen LogP contribution is -2.05. The van der Waals surface area contributed by atoms with Crippen LogP contribution in [0.5, 0.6) is 0 Å². The summed E-state index contributed by atoms with van der Waals surface area (Å²) in [5.41, 5.74) is 6.36. The van der Waals surface area contributed by atoms with Crippen molar-refractivity contribution < 1.29 is 8.78 Å². The van der Waals surface area contributed by atoms with E-state index in [1.54, 1.807) is 6.92 Å². The second-order valence-electron chi connectivity index (χ2n) is 5.28. The summed E-state index contributed by atoms with van der Waals surface area (Å²) in [6, 6.07) is 2.78. The molecule has 0 aromatic heterocycles. The fraction of sp³-hybridized carbons (Fsp3) is 0.538. The molecule has 0 heterocycles. The molecule has 88 valence electrons. The third kappa shape index (κ3) is 1.54. The van der Waals surface area contributed by atoms with Crippen LogP contribution in [0.3, 0.4) is 0 Å². The Balaban J connectivity index is 2.44. The molecule has 3 heteroatoms. The van der Waals surface area contributed by atoms with Crippen molar-refractivity contribution >= 4 is 0 Å². The Labute approximate surface area is 94.7 Å². The largest absolute Gasteiger partial charge is 0.330 e. The highest BCUT2D eigenvalue weighted by atomic mass is 19.1. The normalized spacial score (nSPS) is 26.9. The topological polar surface area (TPSA) is 26.0 Å². The summed E-state index contributed by atoms with van der Waals surface area (Å²) in [5.74, 6) is -0.782. The van der Waals surface area contributed by atoms with E-state index in [2.05, 4.69) is 0 Å². The van der Waals surface area contributed by atoms with Crippen LogP contribution in [0.1, 0.15) is 30.9 Å². The van der Waals surface area contributed by atoms with Crippen LogP contribution >= 0.6 is 0 Å². The van der Waals surface area contributed by atoms with E-state index in [9.17, 15) is 8.78 Å². The Hall–Kier alpha value is -0.960. The number of hydrogen-bond acceptors (Lipinski definition) is 1. The van der Waals surface area contributed by atoms with Crippen molar-refractivity contribution in [1.82, 2.24) is 0 Å². The van der Waals surface area contributed by atoms with Gasteiger partial charge in [-0.2, -0.15) is 0 Å². The molecule has 2 unspecified atom stereocenters. The molecule has 0 bridgehead atoms. The second kappa shape index (κ2) is 3.52. The third-order valence-electron chi connectivity index (χ3n) is 3.84. The minimum absolute atomic E-state index is 0.0851. The van der Waals surface area contributed by atoms with E-state index >= 15 is 0 Å². The quantitative estimate of drug-likeness (QED) is 0.822. The zero-order valence-electron chi connectivity index (χ0n) is 9.85. The van der Waals surface area contributed by atoms with Crippen molar-refractivity contribution in [2.45, 2.75) is 26.7 Å². The molecule has 2 atom stereocenters. The molecule has 1 nitrogen and oxygen atoms in total. The van der Waals surface area contributed by atoms with Crippen LogP contribution in [0.15, 0.2) is 12.1 Å². The molecule has 1 saturated carbocycles. The van der Waals surface area contributed by atoms with Crippen LogP contribution in [0, 0.1) is 29.9 Å². The first-order valence-electron chi connectivity index (χ1n) is 5.55. The highest BCUT2D eigenvalue weighted by Gasteiger charge is 2.58. The number of rotatable bonds is 2. The molecule has 0 saturated heterocycles. The molecule has 2 N–H and O–H groups in total. The zero-order chi connectivity index (χ0) is 12.1. The van der Waals surface area contributed by atoms with Gasteiger partial charge >= 0.3 is 0 Å². The molecule has 1 aromatic carbocycles. The van der Waals surface area contributed by atoms with Gasteiger partial charge in [-0.15, -0.1) is 0 Å². The Morgan fingerprint density at radius 3 is 2.12 bits per heavy atom. The molecule has 1 aliphatic carbocycles. The van der Waals surface area contributed by atoms with Crippen molar-refractivity contribution in [3.63, 3.8) is 0 Å². The minimum Gasteiger partial charge on any atom is -0.330 e. The van der Waals surface area contributed by atoms with E-state index in [4.69, 9.17) is 5.73 Å². The lowest BCUT2D eigenvalue weighted by molar-refractivity contribution is 0.526. The van der Waals surface area contributed by atoms with E-state index < -0.39 is 11.6 Å². The maximum absolute atomic E-state index is 13.8. The van der Waals surface area contributed by atoms with Crippen molar-refractivity contribution in [3.8, 4) is 0 Å². The molecule has 1 aliphatic rings. The van der Waals surface area contributed by atoms with Gasteiger partial charge in [0, 0.05) is 5.56 Å². The SMILES string of the molecule is Cc1cc(F)c(C2C(CN)C2(C)C)c(F)c1. The molecular weight excluding hydrogens is 208 g/mol. The Morgan fingerprint density at radius 2 is 1.75 bits per heavy atom. The minimum atomic E-state index is -0.438.